The van der Waals surface area contributed by atoms with Crippen LogP contribution in [0.4, 0.5) is 8.78 Å². The maximum absolute atomic E-state index is 13.4. The number of rotatable bonds is 5. The van der Waals surface area contributed by atoms with Crippen LogP contribution in [-0.2, 0) is 9.53 Å². The van der Waals surface area contributed by atoms with Crippen molar-refractivity contribution in [3.8, 4) is 0 Å². The topological polar surface area (TPSA) is 72.6 Å². The highest BCUT2D eigenvalue weighted by molar-refractivity contribution is 5.76. The second-order valence-corrected chi connectivity index (χ2v) is 7.23. The van der Waals surface area contributed by atoms with E-state index in [1.54, 1.807) is 0 Å². The summed E-state index contributed by atoms with van der Waals surface area (Å²) in [4.78, 5) is 22.8. The number of carbonyl (C=O) groups excluding carboxylic acids is 1. The predicted octanol–water partition coefficient (Wildman–Crippen LogP) is 2.73. The lowest BCUT2D eigenvalue weighted by Gasteiger charge is -2.33. The van der Waals surface area contributed by atoms with E-state index in [1.165, 1.54) is 12.4 Å². The smallest absolute Gasteiger partial charge is 0.280 e. The SMILES string of the molecule is O=C(CC[C@@H]1CCCO1)N1CCC[C@H](c2cc(C(F)F)n3ncnc3n2)C1. The van der Waals surface area contributed by atoms with Crippen LogP contribution in [0.5, 0.6) is 0 Å². The Bertz CT molecular complexity index is 806. The Labute approximate surface area is 155 Å². The number of carbonyl (C=O) groups is 1. The molecule has 2 aliphatic rings. The monoisotopic (exact) mass is 379 g/mol. The first-order valence-corrected chi connectivity index (χ1v) is 9.50. The number of halogens is 2. The Morgan fingerprint density at radius 2 is 2.22 bits per heavy atom. The van der Waals surface area contributed by atoms with E-state index in [-0.39, 0.29) is 29.4 Å². The number of amides is 1. The van der Waals surface area contributed by atoms with Crippen molar-refractivity contribution in [3.05, 3.63) is 23.8 Å². The Morgan fingerprint density at radius 1 is 1.33 bits per heavy atom. The van der Waals surface area contributed by atoms with Crippen molar-refractivity contribution < 1.29 is 18.3 Å². The summed E-state index contributed by atoms with van der Waals surface area (Å²) in [5, 5.41) is 3.82. The molecule has 1 amide bonds. The van der Waals surface area contributed by atoms with Gasteiger partial charge in [-0.3, -0.25) is 4.79 Å². The molecule has 2 fully saturated rings. The fourth-order valence-corrected chi connectivity index (χ4v) is 3.98. The number of piperidine rings is 1. The van der Waals surface area contributed by atoms with E-state index in [4.69, 9.17) is 4.74 Å². The molecular weight excluding hydrogens is 356 g/mol. The molecule has 0 bridgehead atoms. The molecule has 146 valence electrons. The molecule has 4 rings (SSSR count). The Hall–Kier alpha value is -2.16. The second kappa shape index (κ2) is 7.84. The quantitative estimate of drug-likeness (QED) is 0.799. The van der Waals surface area contributed by atoms with Gasteiger partial charge >= 0.3 is 0 Å². The first-order valence-electron chi connectivity index (χ1n) is 9.50. The van der Waals surface area contributed by atoms with Gasteiger partial charge in [0, 0.05) is 32.0 Å². The average Bonchev–Trinajstić information content (AvgIpc) is 3.36. The summed E-state index contributed by atoms with van der Waals surface area (Å²) in [5.41, 5.74) is 0.344. The molecule has 0 aliphatic carbocycles. The van der Waals surface area contributed by atoms with Crippen molar-refractivity contribution in [2.75, 3.05) is 19.7 Å². The summed E-state index contributed by atoms with van der Waals surface area (Å²) in [5.74, 6) is 0.210. The minimum Gasteiger partial charge on any atom is -0.378 e. The van der Waals surface area contributed by atoms with E-state index < -0.39 is 6.43 Å². The molecule has 0 unspecified atom stereocenters. The zero-order valence-corrected chi connectivity index (χ0v) is 15.1. The lowest BCUT2D eigenvalue weighted by Crippen LogP contribution is -2.39. The van der Waals surface area contributed by atoms with E-state index >= 15 is 0 Å². The number of hydrogen-bond donors (Lipinski definition) is 0. The molecule has 2 saturated heterocycles. The zero-order chi connectivity index (χ0) is 18.8. The van der Waals surface area contributed by atoms with Crippen molar-refractivity contribution in [2.24, 2.45) is 0 Å². The summed E-state index contributed by atoms with van der Waals surface area (Å²) in [6, 6.07) is 1.40. The molecule has 2 atom stereocenters. The molecular formula is C18H23F2N5O2. The maximum atomic E-state index is 13.4. The highest BCUT2D eigenvalue weighted by Gasteiger charge is 2.28. The largest absolute Gasteiger partial charge is 0.378 e. The predicted molar refractivity (Wildman–Crippen MR) is 92.5 cm³/mol. The van der Waals surface area contributed by atoms with E-state index in [2.05, 4.69) is 15.1 Å². The van der Waals surface area contributed by atoms with Gasteiger partial charge in [0.2, 0.25) is 5.91 Å². The normalized spacial score (nSPS) is 23.4. The van der Waals surface area contributed by atoms with Crippen LogP contribution in [0.1, 0.15) is 62.3 Å². The van der Waals surface area contributed by atoms with Gasteiger partial charge in [0.1, 0.15) is 12.0 Å². The molecule has 0 saturated carbocycles. The van der Waals surface area contributed by atoms with Gasteiger partial charge < -0.3 is 9.64 Å². The number of likely N-dealkylation sites (tertiary alicyclic amines) is 1. The molecule has 0 N–H and O–H groups in total. The minimum absolute atomic E-state index is 0.0652. The van der Waals surface area contributed by atoms with E-state index in [0.717, 1.165) is 43.2 Å². The molecule has 0 spiro atoms. The van der Waals surface area contributed by atoms with E-state index in [0.29, 0.717) is 25.2 Å². The Kier molecular flexibility index (Phi) is 5.29. The van der Waals surface area contributed by atoms with Crippen LogP contribution >= 0.6 is 0 Å². The molecule has 9 heteroatoms. The van der Waals surface area contributed by atoms with Gasteiger partial charge in [0.15, 0.2) is 0 Å². The first-order chi connectivity index (χ1) is 13.1. The number of fused-ring (bicyclic) bond motifs is 1. The summed E-state index contributed by atoms with van der Waals surface area (Å²) >= 11 is 0. The summed E-state index contributed by atoms with van der Waals surface area (Å²) in [6.07, 6.45) is 3.71. The molecule has 4 heterocycles. The molecule has 2 aliphatic heterocycles. The molecule has 0 radical (unpaired) electrons. The van der Waals surface area contributed by atoms with Crippen LogP contribution in [0.25, 0.3) is 5.78 Å². The molecule has 2 aromatic heterocycles. The average molecular weight is 379 g/mol. The van der Waals surface area contributed by atoms with E-state index in [1.807, 2.05) is 4.90 Å². The summed E-state index contributed by atoms with van der Waals surface area (Å²) < 4.78 is 33.4. The van der Waals surface area contributed by atoms with Crippen LogP contribution < -0.4 is 0 Å². The third-order valence-electron chi connectivity index (χ3n) is 5.42. The van der Waals surface area contributed by atoms with Crippen LogP contribution in [0.15, 0.2) is 12.4 Å². The van der Waals surface area contributed by atoms with E-state index in [9.17, 15) is 13.6 Å². The number of ether oxygens (including phenoxy) is 1. The minimum atomic E-state index is -2.66. The number of hydrogen-bond acceptors (Lipinski definition) is 5. The van der Waals surface area contributed by atoms with Gasteiger partial charge in [-0.1, -0.05) is 0 Å². The highest BCUT2D eigenvalue weighted by atomic mass is 19.3. The van der Waals surface area contributed by atoms with Crippen LogP contribution in [0.3, 0.4) is 0 Å². The van der Waals surface area contributed by atoms with Gasteiger partial charge in [0.05, 0.1) is 11.8 Å². The summed E-state index contributed by atoms with van der Waals surface area (Å²) in [6.45, 7) is 1.99. The van der Waals surface area contributed by atoms with Gasteiger partial charge in [-0.25, -0.2) is 13.8 Å². The maximum Gasteiger partial charge on any atom is 0.280 e. The molecule has 7 nitrogen and oxygen atoms in total. The third-order valence-corrected chi connectivity index (χ3v) is 5.42. The third kappa shape index (κ3) is 3.92. The van der Waals surface area contributed by atoms with Crippen molar-refractivity contribution in [3.63, 3.8) is 0 Å². The Morgan fingerprint density at radius 3 is 3.00 bits per heavy atom. The van der Waals surface area contributed by atoms with Crippen molar-refractivity contribution in [1.82, 2.24) is 24.5 Å². The molecule has 2 aromatic rings. The first kappa shape index (κ1) is 18.2. The zero-order valence-electron chi connectivity index (χ0n) is 15.1. The van der Waals surface area contributed by atoms with Gasteiger partial charge in [0.25, 0.3) is 12.2 Å². The molecule has 0 aromatic carbocycles. The Balaban J connectivity index is 1.46. The molecule has 27 heavy (non-hydrogen) atoms. The van der Waals surface area contributed by atoms with Crippen LogP contribution in [0, 0.1) is 0 Å². The number of nitrogens with zero attached hydrogens (tertiary/aromatic N) is 5. The van der Waals surface area contributed by atoms with Crippen molar-refractivity contribution in [1.29, 1.82) is 0 Å². The fraction of sp³-hybridized carbons (Fsp3) is 0.667. The number of aromatic nitrogens is 4. The fourth-order valence-electron chi connectivity index (χ4n) is 3.98. The number of alkyl halides is 2. The van der Waals surface area contributed by atoms with Crippen LogP contribution in [-0.4, -0.2) is 56.2 Å². The van der Waals surface area contributed by atoms with Crippen LogP contribution in [0.2, 0.25) is 0 Å². The summed E-state index contributed by atoms with van der Waals surface area (Å²) in [7, 11) is 0. The van der Waals surface area contributed by atoms with Crippen molar-refractivity contribution in [2.45, 2.75) is 57.0 Å². The highest BCUT2D eigenvalue weighted by Crippen LogP contribution is 2.29. The lowest BCUT2D eigenvalue weighted by atomic mass is 9.93. The van der Waals surface area contributed by atoms with Gasteiger partial charge in [-0.05, 0) is 38.2 Å². The van der Waals surface area contributed by atoms with Crippen molar-refractivity contribution >= 4 is 11.7 Å². The second-order valence-electron chi connectivity index (χ2n) is 7.23. The standard InChI is InChI=1S/C18H23F2N5O2/c19-17(20)15-9-14(23-18-21-11-22-25(15)18)12-3-1-7-24(10-12)16(26)6-5-13-4-2-8-27-13/h9,11-13,17H,1-8,10H2/t12-,13-/m0/s1. The lowest BCUT2D eigenvalue weighted by molar-refractivity contribution is -0.133. The van der Waals surface area contributed by atoms with Gasteiger partial charge in [-0.15, -0.1) is 0 Å². The van der Waals surface area contributed by atoms with Gasteiger partial charge in [-0.2, -0.15) is 14.6 Å².